The highest BCUT2D eigenvalue weighted by atomic mass is 16.1. The van der Waals surface area contributed by atoms with Crippen LogP contribution in [0.2, 0.25) is 0 Å². The highest BCUT2D eigenvalue weighted by Crippen LogP contribution is 2.21. The average molecular weight is 230 g/mol. The van der Waals surface area contributed by atoms with E-state index in [1.807, 2.05) is 24.3 Å². The molecule has 0 atom stereocenters. The Bertz CT molecular complexity index is 558. The molecular weight excluding hydrogens is 216 g/mol. The third-order valence-electron chi connectivity index (χ3n) is 2.71. The lowest BCUT2D eigenvalue weighted by atomic mass is 10.1. The molecule has 0 aliphatic heterocycles. The maximum atomic E-state index is 11.0. The molecule has 0 saturated heterocycles. The van der Waals surface area contributed by atoms with Crippen LogP contribution in [-0.2, 0) is 11.2 Å². The molecule has 4 nitrogen and oxygen atoms in total. The topological polar surface area (TPSA) is 62.0 Å². The number of benzene rings is 1. The van der Waals surface area contributed by atoms with Crippen molar-refractivity contribution < 1.29 is 9.59 Å². The average Bonchev–Trinajstić information content (AvgIpc) is 2.67. The zero-order chi connectivity index (χ0) is 12.3. The first kappa shape index (κ1) is 11.4. The van der Waals surface area contributed by atoms with Crippen molar-refractivity contribution in [2.24, 2.45) is 0 Å². The Labute approximate surface area is 99.0 Å². The number of aromatic nitrogens is 1. The van der Waals surface area contributed by atoms with Gasteiger partial charge in [-0.05, 0) is 18.1 Å². The molecule has 0 saturated carbocycles. The van der Waals surface area contributed by atoms with Crippen LogP contribution in [0.25, 0.3) is 10.9 Å². The Kier molecular flexibility index (Phi) is 3.23. The Morgan fingerprint density at radius 1 is 1.41 bits per heavy atom. The second kappa shape index (κ2) is 4.82. The van der Waals surface area contributed by atoms with Gasteiger partial charge in [-0.1, -0.05) is 18.2 Å². The van der Waals surface area contributed by atoms with Crippen molar-refractivity contribution >= 4 is 23.1 Å². The maximum Gasteiger partial charge on any atom is 0.216 e. The van der Waals surface area contributed by atoms with E-state index in [1.165, 1.54) is 6.92 Å². The SMILES string of the molecule is CC(=O)NCCc1c(C=O)[nH]c2ccccc12. The Hall–Kier alpha value is -2.10. The first-order valence-corrected chi connectivity index (χ1v) is 5.51. The first-order chi connectivity index (χ1) is 8.22. The minimum atomic E-state index is -0.0579. The van der Waals surface area contributed by atoms with Gasteiger partial charge in [0.2, 0.25) is 5.91 Å². The summed E-state index contributed by atoms with van der Waals surface area (Å²) < 4.78 is 0. The van der Waals surface area contributed by atoms with Crippen molar-refractivity contribution in [3.63, 3.8) is 0 Å². The fraction of sp³-hybridized carbons (Fsp3) is 0.231. The van der Waals surface area contributed by atoms with Crippen molar-refractivity contribution in [2.75, 3.05) is 6.54 Å². The molecule has 0 unspecified atom stereocenters. The van der Waals surface area contributed by atoms with Gasteiger partial charge in [-0.3, -0.25) is 9.59 Å². The minimum Gasteiger partial charge on any atom is -0.356 e. The van der Waals surface area contributed by atoms with Crippen molar-refractivity contribution in [3.05, 3.63) is 35.5 Å². The van der Waals surface area contributed by atoms with Gasteiger partial charge in [-0.25, -0.2) is 0 Å². The summed E-state index contributed by atoms with van der Waals surface area (Å²) in [5.74, 6) is -0.0579. The summed E-state index contributed by atoms with van der Waals surface area (Å²) in [4.78, 5) is 24.8. The van der Waals surface area contributed by atoms with E-state index in [0.717, 1.165) is 22.8 Å². The zero-order valence-electron chi connectivity index (χ0n) is 9.62. The van der Waals surface area contributed by atoms with Crippen LogP contribution >= 0.6 is 0 Å². The molecule has 0 aliphatic rings. The Morgan fingerprint density at radius 2 is 2.18 bits per heavy atom. The molecule has 2 N–H and O–H groups in total. The lowest BCUT2D eigenvalue weighted by Gasteiger charge is -2.02. The normalized spacial score (nSPS) is 10.4. The van der Waals surface area contributed by atoms with Crippen LogP contribution in [0.1, 0.15) is 23.0 Å². The highest BCUT2D eigenvalue weighted by molar-refractivity contribution is 5.92. The van der Waals surface area contributed by atoms with E-state index in [0.29, 0.717) is 18.7 Å². The van der Waals surface area contributed by atoms with Gasteiger partial charge >= 0.3 is 0 Å². The molecule has 17 heavy (non-hydrogen) atoms. The molecule has 0 radical (unpaired) electrons. The zero-order valence-corrected chi connectivity index (χ0v) is 9.62. The molecule has 1 aromatic heterocycles. The van der Waals surface area contributed by atoms with Crippen LogP contribution in [0.15, 0.2) is 24.3 Å². The van der Waals surface area contributed by atoms with Gasteiger partial charge in [-0.2, -0.15) is 0 Å². The number of hydrogen-bond donors (Lipinski definition) is 2. The number of carbonyl (C=O) groups excluding carboxylic acids is 2. The maximum absolute atomic E-state index is 11.0. The molecule has 0 spiro atoms. The van der Waals surface area contributed by atoms with Crippen molar-refractivity contribution in [1.29, 1.82) is 0 Å². The van der Waals surface area contributed by atoms with Crippen molar-refractivity contribution in [2.45, 2.75) is 13.3 Å². The molecule has 2 aromatic rings. The lowest BCUT2D eigenvalue weighted by Crippen LogP contribution is -2.22. The number of amides is 1. The Morgan fingerprint density at radius 3 is 2.88 bits per heavy atom. The molecule has 1 amide bonds. The van der Waals surface area contributed by atoms with Crippen LogP contribution in [-0.4, -0.2) is 23.7 Å². The monoisotopic (exact) mass is 230 g/mol. The molecule has 88 valence electrons. The standard InChI is InChI=1S/C13H14N2O2/c1-9(17)14-7-6-11-10-4-2-3-5-12(10)15-13(11)8-16/h2-5,8,15H,6-7H2,1H3,(H,14,17). The van der Waals surface area contributed by atoms with Gasteiger partial charge < -0.3 is 10.3 Å². The lowest BCUT2D eigenvalue weighted by molar-refractivity contribution is -0.118. The van der Waals surface area contributed by atoms with Crippen molar-refractivity contribution in [3.8, 4) is 0 Å². The quantitative estimate of drug-likeness (QED) is 0.785. The first-order valence-electron chi connectivity index (χ1n) is 5.51. The van der Waals surface area contributed by atoms with Crippen LogP contribution in [0.5, 0.6) is 0 Å². The fourth-order valence-corrected chi connectivity index (χ4v) is 1.95. The molecule has 0 bridgehead atoms. The number of hydrogen-bond acceptors (Lipinski definition) is 2. The molecule has 1 aromatic carbocycles. The summed E-state index contributed by atoms with van der Waals surface area (Å²) in [7, 11) is 0. The number of fused-ring (bicyclic) bond motifs is 1. The summed E-state index contributed by atoms with van der Waals surface area (Å²) in [6.45, 7) is 2.02. The predicted molar refractivity (Wildman–Crippen MR) is 66.1 cm³/mol. The van der Waals surface area contributed by atoms with Gasteiger partial charge in [0.15, 0.2) is 6.29 Å². The van der Waals surface area contributed by atoms with E-state index >= 15 is 0 Å². The second-order valence-corrected chi connectivity index (χ2v) is 3.91. The third kappa shape index (κ3) is 2.36. The number of carbonyl (C=O) groups is 2. The summed E-state index contributed by atoms with van der Waals surface area (Å²) in [6, 6.07) is 7.77. The van der Waals surface area contributed by atoms with Crippen LogP contribution < -0.4 is 5.32 Å². The summed E-state index contributed by atoms with van der Waals surface area (Å²) in [6.07, 6.45) is 1.47. The number of nitrogens with one attached hydrogen (secondary N) is 2. The van der Waals surface area contributed by atoms with Gasteiger partial charge in [0.25, 0.3) is 0 Å². The summed E-state index contributed by atoms with van der Waals surface area (Å²) in [5, 5.41) is 3.77. The molecule has 0 aliphatic carbocycles. The number of aromatic amines is 1. The van der Waals surface area contributed by atoms with E-state index < -0.39 is 0 Å². The van der Waals surface area contributed by atoms with Gasteiger partial charge in [0, 0.05) is 24.4 Å². The third-order valence-corrected chi connectivity index (χ3v) is 2.71. The summed E-state index contributed by atoms with van der Waals surface area (Å²) in [5.41, 5.74) is 2.51. The number of H-pyrrole nitrogens is 1. The summed E-state index contributed by atoms with van der Waals surface area (Å²) >= 11 is 0. The molecule has 1 heterocycles. The second-order valence-electron chi connectivity index (χ2n) is 3.91. The smallest absolute Gasteiger partial charge is 0.216 e. The van der Waals surface area contributed by atoms with Crippen LogP contribution in [0.4, 0.5) is 0 Å². The van der Waals surface area contributed by atoms with E-state index in [-0.39, 0.29) is 5.91 Å². The van der Waals surface area contributed by atoms with E-state index in [2.05, 4.69) is 10.3 Å². The van der Waals surface area contributed by atoms with Crippen LogP contribution in [0.3, 0.4) is 0 Å². The van der Waals surface area contributed by atoms with Gasteiger partial charge in [0.05, 0.1) is 5.69 Å². The molecule has 0 fully saturated rings. The highest BCUT2D eigenvalue weighted by Gasteiger charge is 2.09. The van der Waals surface area contributed by atoms with Crippen LogP contribution in [0, 0.1) is 0 Å². The minimum absolute atomic E-state index is 0.0579. The van der Waals surface area contributed by atoms with Crippen molar-refractivity contribution in [1.82, 2.24) is 10.3 Å². The van der Waals surface area contributed by atoms with Gasteiger partial charge in [0.1, 0.15) is 0 Å². The Balaban J connectivity index is 2.30. The van der Waals surface area contributed by atoms with E-state index in [4.69, 9.17) is 0 Å². The molecular formula is C13H14N2O2. The fourth-order valence-electron chi connectivity index (χ4n) is 1.95. The number of para-hydroxylation sites is 1. The van der Waals surface area contributed by atoms with E-state index in [9.17, 15) is 9.59 Å². The number of rotatable bonds is 4. The molecule has 2 rings (SSSR count). The number of aldehydes is 1. The largest absolute Gasteiger partial charge is 0.356 e. The van der Waals surface area contributed by atoms with Gasteiger partial charge in [-0.15, -0.1) is 0 Å². The predicted octanol–water partition coefficient (Wildman–Crippen LogP) is 1.66. The molecule has 4 heteroatoms. The van der Waals surface area contributed by atoms with E-state index in [1.54, 1.807) is 0 Å².